The monoisotopic (exact) mass is 276 g/mol. The second kappa shape index (κ2) is 4.09. The highest BCUT2D eigenvalue weighted by molar-refractivity contribution is 6.32. The Labute approximate surface area is 119 Å². The van der Waals surface area contributed by atoms with Crippen molar-refractivity contribution in [2.75, 3.05) is 0 Å². The van der Waals surface area contributed by atoms with Gasteiger partial charge in [-0.2, -0.15) is 0 Å². The summed E-state index contributed by atoms with van der Waals surface area (Å²) in [6, 6.07) is 14.6. The van der Waals surface area contributed by atoms with E-state index in [1.165, 1.54) is 6.07 Å². The molecule has 100 valence electrons. The van der Waals surface area contributed by atoms with Crippen LogP contribution in [-0.2, 0) is 0 Å². The molecule has 0 N–H and O–H groups in total. The highest BCUT2D eigenvalue weighted by Gasteiger charge is 2.31. The minimum atomic E-state index is -0.482. The average Bonchev–Trinajstić information content (AvgIpc) is 2.53. The summed E-state index contributed by atoms with van der Waals surface area (Å²) in [6.07, 6.45) is 0. The van der Waals surface area contributed by atoms with Crippen LogP contribution in [0, 0.1) is 5.82 Å². The Bertz CT molecular complexity index is 941. The van der Waals surface area contributed by atoms with E-state index < -0.39 is 5.82 Å². The normalized spacial score (nSPS) is 13.2. The van der Waals surface area contributed by atoms with Crippen molar-refractivity contribution in [3.63, 3.8) is 0 Å². The molecule has 3 aromatic rings. The molecule has 0 heterocycles. The first-order chi connectivity index (χ1) is 10.2. The van der Waals surface area contributed by atoms with Gasteiger partial charge in [-0.3, -0.25) is 9.59 Å². The molecule has 0 spiro atoms. The standard InChI is InChI=1S/C18H9FO2/c19-15-9-14-16(11-6-2-1-5-10(11)15)18(21)13-8-4-3-7-12(13)17(14)20/h1-9H. The number of fused-ring (bicyclic) bond motifs is 4. The molecule has 0 atom stereocenters. The third kappa shape index (κ3) is 1.51. The Kier molecular flexibility index (Phi) is 2.33. The maximum absolute atomic E-state index is 14.2. The van der Waals surface area contributed by atoms with Gasteiger partial charge in [0.1, 0.15) is 5.82 Å². The molecule has 1 aliphatic rings. The highest BCUT2D eigenvalue weighted by atomic mass is 19.1. The number of benzene rings is 3. The predicted octanol–water partition coefficient (Wildman–Crippen LogP) is 3.75. The van der Waals surface area contributed by atoms with Crippen molar-refractivity contribution < 1.29 is 14.0 Å². The minimum Gasteiger partial charge on any atom is -0.289 e. The molecule has 0 bridgehead atoms. The lowest BCUT2D eigenvalue weighted by atomic mass is 9.81. The SMILES string of the molecule is O=C1c2ccccc2C(=O)c2c1cc(F)c1ccccc21. The van der Waals surface area contributed by atoms with Crippen LogP contribution in [0.3, 0.4) is 0 Å². The number of halogens is 1. The summed E-state index contributed by atoms with van der Waals surface area (Å²) in [4.78, 5) is 25.2. The van der Waals surface area contributed by atoms with Gasteiger partial charge in [-0.15, -0.1) is 0 Å². The van der Waals surface area contributed by atoms with Crippen LogP contribution in [0.1, 0.15) is 31.8 Å². The van der Waals surface area contributed by atoms with Gasteiger partial charge in [0, 0.05) is 27.6 Å². The first-order valence-corrected chi connectivity index (χ1v) is 6.58. The number of hydrogen-bond acceptors (Lipinski definition) is 2. The van der Waals surface area contributed by atoms with E-state index in [1.54, 1.807) is 48.5 Å². The lowest BCUT2D eigenvalue weighted by molar-refractivity contribution is 0.0980. The number of hydrogen-bond donors (Lipinski definition) is 0. The van der Waals surface area contributed by atoms with Gasteiger partial charge in [0.05, 0.1) is 0 Å². The van der Waals surface area contributed by atoms with Crippen LogP contribution in [0.5, 0.6) is 0 Å². The van der Waals surface area contributed by atoms with Gasteiger partial charge in [0.15, 0.2) is 11.6 Å². The topological polar surface area (TPSA) is 34.1 Å². The Hall–Kier alpha value is -2.81. The van der Waals surface area contributed by atoms with E-state index in [-0.39, 0.29) is 17.1 Å². The molecule has 0 saturated carbocycles. The molecule has 1 aliphatic carbocycles. The summed E-state index contributed by atoms with van der Waals surface area (Å²) in [5.74, 6) is -1.01. The second-order valence-corrected chi connectivity index (χ2v) is 5.03. The van der Waals surface area contributed by atoms with Crippen molar-refractivity contribution in [2.24, 2.45) is 0 Å². The van der Waals surface area contributed by atoms with Gasteiger partial charge in [-0.25, -0.2) is 4.39 Å². The molecule has 3 aromatic carbocycles. The number of carbonyl (C=O) groups is 2. The molecule has 4 rings (SSSR count). The molecule has 2 nitrogen and oxygen atoms in total. The van der Waals surface area contributed by atoms with E-state index in [0.29, 0.717) is 27.5 Å². The molecule has 0 aliphatic heterocycles. The fourth-order valence-corrected chi connectivity index (χ4v) is 2.91. The van der Waals surface area contributed by atoms with Crippen molar-refractivity contribution in [3.8, 4) is 0 Å². The summed E-state index contributed by atoms with van der Waals surface area (Å²) < 4.78 is 14.2. The van der Waals surface area contributed by atoms with Gasteiger partial charge in [0.25, 0.3) is 0 Å². The summed E-state index contributed by atoms with van der Waals surface area (Å²) in [7, 11) is 0. The van der Waals surface area contributed by atoms with Gasteiger partial charge in [-0.1, -0.05) is 48.5 Å². The first-order valence-electron chi connectivity index (χ1n) is 6.58. The van der Waals surface area contributed by atoms with E-state index in [4.69, 9.17) is 0 Å². The predicted molar refractivity (Wildman–Crippen MR) is 77.2 cm³/mol. The Morgan fingerprint density at radius 2 is 1.24 bits per heavy atom. The second-order valence-electron chi connectivity index (χ2n) is 5.03. The summed E-state index contributed by atoms with van der Waals surface area (Å²) in [5, 5.41) is 0.845. The Morgan fingerprint density at radius 3 is 1.95 bits per heavy atom. The van der Waals surface area contributed by atoms with Crippen LogP contribution in [-0.4, -0.2) is 11.6 Å². The number of carbonyl (C=O) groups excluding carboxylic acids is 2. The van der Waals surface area contributed by atoms with Crippen molar-refractivity contribution in [2.45, 2.75) is 0 Å². The van der Waals surface area contributed by atoms with Crippen molar-refractivity contribution in [1.82, 2.24) is 0 Å². The van der Waals surface area contributed by atoms with Crippen LogP contribution in [0.2, 0.25) is 0 Å². The lowest BCUT2D eigenvalue weighted by Gasteiger charge is -2.19. The van der Waals surface area contributed by atoms with Crippen molar-refractivity contribution in [1.29, 1.82) is 0 Å². The molecule has 0 unspecified atom stereocenters. The molecule has 0 radical (unpaired) electrons. The molecule has 0 saturated heterocycles. The lowest BCUT2D eigenvalue weighted by Crippen LogP contribution is -2.21. The third-order valence-corrected chi connectivity index (χ3v) is 3.88. The maximum atomic E-state index is 14.2. The molecular formula is C18H9FO2. The number of ketones is 2. The van der Waals surface area contributed by atoms with Gasteiger partial charge >= 0.3 is 0 Å². The fraction of sp³-hybridized carbons (Fsp3) is 0. The average molecular weight is 276 g/mol. The molecular weight excluding hydrogens is 267 g/mol. The maximum Gasteiger partial charge on any atom is 0.195 e. The Morgan fingerprint density at radius 1 is 0.667 bits per heavy atom. The van der Waals surface area contributed by atoms with Crippen LogP contribution < -0.4 is 0 Å². The van der Waals surface area contributed by atoms with Gasteiger partial charge < -0.3 is 0 Å². The van der Waals surface area contributed by atoms with Crippen molar-refractivity contribution >= 4 is 22.3 Å². The highest BCUT2D eigenvalue weighted by Crippen LogP contribution is 2.33. The molecule has 3 heteroatoms. The smallest absolute Gasteiger partial charge is 0.195 e. The zero-order chi connectivity index (χ0) is 14.6. The van der Waals surface area contributed by atoms with Crippen LogP contribution in [0.4, 0.5) is 4.39 Å². The minimum absolute atomic E-state index is 0.148. The number of rotatable bonds is 0. The third-order valence-electron chi connectivity index (χ3n) is 3.88. The van der Waals surface area contributed by atoms with E-state index in [0.717, 1.165) is 0 Å². The summed E-state index contributed by atoms with van der Waals surface area (Å²) >= 11 is 0. The van der Waals surface area contributed by atoms with Crippen LogP contribution in [0.25, 0.3) is 10.8 Å². The van der Waals surface area contributed by atoms with Crippen LogP contribution in [0.15, 0.2) is 54.6 Å². The zero-order valence-corrected chi connectivity index (χ0v) is 10.9. The first kappa shape index (κ1) is 12.0. The molecule has 0 fully saturated rings. The largest absolute Gasteiger partial charge is 0.289 e. The fourth-order valence-electron chi connectivity index (χ4n) is 2.91. The van der Waals surface area contributed by atoms with Crippen LogP contribution >= 0.6 is 0 Å². The zero-order valence-electron chi connectivity index (χ0n) is 10.9. The van der Waals surface area contributed by atoms with E-state index in [2.05, 4.69) is 0 Å². The molecule has 21 heavy (non-hydrogen) atoms. The molecule has 0 aromatic heterocycles. The van der Waals surface area contributed by atoms with Crippen molar-refractivity contribution in [3.05, 3.63) is 82.7 Å². The summed E-state index contributed by atoms with van der Waals surface area (Å²) in [5.41, 5.74) is 1.17. The molecule has 0 amide bonds. The quantitative estimate of drug-likeness (QED) is 0.490. The van der Waals surface area contributed by atoms with Gasteiger partial charge in [0.2, 0.25) is 0 Å². The Balaban J connectivity index is 2.17. The van der Waals surface area contributed by atoms with Gasteiger partial charge in [-0.05, 0) is 11.5 Å². The summed E-state index contributed by atoms with van der Waals surface area (Å²) in [6.45, 7) is 0. The van der Waals surface area contributed by atoms with E-state index >= 15 is 0 Å². The van der Waals surface area contributed by atoms with E-state index in [9.17, 15) is 14.0 Å². The van der Waals surface area contributed by atoms with E-state index in [1.807, 2.05) is 0 Å².